The van der Waals surface area contributed by atoms with Crippen molar-refractivity contribution in [1.82, 2.24) is 24.4 Å². The number of hydrogen-bond donors (Lipinski definition) is 1. The van der Waals surface area contributed by atoms with Crippen molar-refractivity contribution in [3.8, 4) is 17.1 Å². The molecule has 10 heteroatoms. The molecule has 1 amide bonds. The smallest absolute Gasteiger partial charge is 0.333 e. The molecule has 0 aliphatic heterocycles. The van der Waals surface area contributed by atoms with Gasteiger partial charge in [-0.25, -0.2) is 14.8 Å². The minimum Gasteiger partial charge on any atom is -0.494 e. The SMILES string of the molecule is CCOc1ccccc1CNC(=O)Cn1c(=O)c2cnc(-c3ccc(Cl)cc3)nc2n(CC)c1=O. The molecule has 0 saturated carbocycles. The molecule has 4 rings (SSSR count). The zero-order chi connectivity index (χ0) is 24.9. The predicted molar refractivity (Wildman–Crippen MR) is 134 cm³/mol. The zero-order valence-electron chi connectivity index (χ0n) is 19.3. The van der Waals surface area contributed by atoms with Crippen LogP contribution in [0, 0.1) is 0 Å². The molecule has 0 aliphatic rings. The van der Waals surface area contributed by atoms with Crippen LogP contribution in [0.4, 0.5) is 0 Å². The van der Waals surface area contributed by atoms with Gasteiger partial charge in [0.15, 0.2) is 11.5 Å². The lowest BCUT2D eigenvalue weighted by molar-refractivity contribution is -0.121. The van der Waals surface area contributed by atoms with E-state index in [0.29, 0.717) is 28.8 Å². The summed E-state index contributed by atoms with van der Waals surface area (Å²) in [5, 5.41) is 3.48. The van der Waals surface area contributed by atoms with E-state index in [-0.39, 0.29) is 24.1 Å². The second kappa shape index (κ2) is 10.5. The number of aromatic nitrogens is 4. The van der Waals surface area contributed by atoms with Crippen molar-refractivity contribution in [2.75, 3.05) is 6.61 Å². The van der Waals surface area contributed by atoms with Gasteiger partial charge >= 0.3 is 5.69 Å². The van der Waals surface area contributed by atoms with Crippen LogP contribution in [-0.4, -0.2) is 31.6 Å². The Hall–Kier alpha value is -3.98. The van der Waals surface area contributed by atoms with Gasteiger partial charge in [-0.05, 0) is 44.2 Å². The summed E-state index contributed by atoms with van der Waals surface area (Å²) in [6, 6.07) is 14.3. The summed E-state index contributed by atoms with van der Waals surface area (Å²) in [6.07, 6.45) is 1.38. The van der Waals surface area contributed by atoms with Gasteiger partial charge in [0, 0.05) is 35.4 Å². The lowest BCUT2D eigenvalue weighted by Gasteiger charge is -2.13. The van der Waals surface area contributed by atoms with Gasteiger partial charge in [0.1, 0.15) is 17.7 Å². The van der Waals surface area contributed by atoms with Crippen molar-refractivity contribution in [3.05, 3.63) is 86.2 Å². The van der Waals surface area contributed by atoms with Gasteiger partial charge in [-0.1, -0.05) is 29.8 Å². The summed E-state index contributed by atoms with van der Waals surface area (Å²) < 4.78 is 7.83. The van der Waals surface area contributed by atoms with Crippen molar-refractivity contribution in [2.45, 2.75) is 33.5 Å². The summed E-state index contributed by atoms with van der Waals surface area (Å²) in [6.45, 7) is 4.18. The fourth-order valence-electron chi connectivity index (χ4n) is 3.70. The molecule has 2 aromatic heterocycles. The highest BCUT2D eigenvalue weighted by molar-refractivity contribution is 6.30. The van der Waals surface area contributed by atoms with Gasteiger partial charge < -0.3 is 10.1 Å². The van der Waals surface area contributed by atoms with Gasteiger partial charge in [0.2, 0.25) is 5.91 Å². The Balaban J connectivity index is 1.64. The molecule has 0 atom stereocenters. The highest BCUT2D eigenvalue weighted by atomic mass is 35.5. The molecule has 0 unspecified atom stereocenters. The second-order valence-corrected chi connectivity index (χ2v) is 8.11. The number of fused-ring (bicyclic) bond motifs is 1. The van der Waals surface area contributed by atoms with Gasteiger partial charge in [-0.15, -0.1) is 0 Å². The topological polar surface area (TPSA) is 108 Å². The number of rotatable bonds is 8. The van der Waals surface area contributed by atoms with Gasteiger partial charge in [0.05, 0.1) is 6.61 Å². The largest absolute Gasteiger partial charge is 0.494 e. The van der Waals surface area contributed by atoms with Crippen LogP contribution in [-0.2, 0) is 24.4 Å². The standard InChI is InChI=1S/C25H24ClN5O4/c1-3-30-23-19(14-28-22(29-23)16-9-11-18(26)12-10-16)24(33)31(25(30)34)15-21(32)27-13-17-7-5-6-8-20(17)35-4-2/h5-12,14H,3-4,13,15H2,1-2H3,(H,27,32). The average Bonchev–Trinajstić information content (AvgIpc) is 2.87. The fourth-order valence-corrected chi connectivity index (χ4v) is 3.83. The van der Waals surface area contributed by atoms with Crippen LogP contribution in [0.3, 0.4) is 0 Å². The highest BCUT2D eigenvalue weighted by Crippen LogP contribution is 2.19. The summed E-state index contributed by atoms with van der Waals surface area (Å²) >= 11 is 5.95. The van der Waals surface area contributed by atoms with Crippen molar-refractivity contribution in [3.63, 3.8) is 0 Å². The number of nitrogens with zero attached hydrogens (tertiary/aromatic N) is 4. The third-order valence-corrected chi connectivity index (χ3v) is 5.68. The maximum atomic E-state index is 13.1. The van der Waals surface area contributed by atoms with E-state index in [9.17, 15) is 14.4 Å². The Bertz CT molecular complexity index is 1490. The Morgan fingerprint density at radius 2 is 1.80 bits per heavy atom. The third-order valence-electron chi connectivity index (χ3n) is 5.43. The third kappa shape index (κ3) is 5.09. The Kier molecular flexibility index (Phi) is 7.26. The van der Waals surface area contributed by atoms with Crippen LogP contribution in [0.1, 0.15) is 19.4 Å². The first-order valence-corrected chi connectivity index (χ1v) is 11.5. The zero-order valence-corrected chi connectivity index (χ0v) is 20.1. The fraction of sp³-hybridized carbons (Fsp3) is 0.240. The number of para-hydroxylation sites is 1. The lowest BCUT2D eigenvalue weighted by Crippen LogP contribution is -2.44. The monoisotopic (exact) mass is 493 g/mol. The Labute approximate surface area is 206 Å². The van der Waals surface area contributed by atoms with Crippen LogP contribution >= 0.6 is 11.6 Å². The lowest BCUT2D eigenvalue weighted by atomic mass is 10.2. The summed E-state index contributed by atoms with van der Waals surface area (Å²) in [7, 11) is 0. The van der Waals surface area contributed by atoms with Crippen LogP contribution in [0.5, 0.6) is 5.75 Å². The molecular weight excluding hydrogens is 470 g/mol. The summed E-state index contributed by atoms with van der Waals surface area (Å²) in [5.74, 6) is 0.551. The second-order valence-electron chi connectivity index (χ2n) is 7.67. The van der Waals surface area contributed by atoms with Crippen LogP contribution in [0.2, 0.25) is 5.02 Å². The normalized spacial score (nSPS) is 10.9. The molecule has 0 bridgehead atoms. The van der Waals surface area contributed by atoms with Crippen LogP contribution in [0.25, 0.3) is 22.4 Å². The first-order chi connectivity index (χ1) is 16.9. The number of carbonyl (C=O) groups is 1. The minimum absolute atomic E-state index is 0.152. The molecule has 0 fully saturated rings. The number of benzene rings is 2. The van der Waals surface area contributed by atoms with Gasteiger partial charge in [-0.2, -0.15) is 0 Å². The molecule has 9 nitrogen and oxygen atoms in total. The molecule has 0 spiro atoms. The molecule has 2 heterocycles. The molecule has 2 aromatic carbocycles. The number of halogens is 1. The quantitative estimate of drug-likeness (QED) is 0.404. The van der Waals surface area contributed by atoms with E-state index < -0.39 is 23.7 Å². The molecule has 4 aromatic rings. The van der Waals surface area contributed by atoms with Crippen LogP contribution in [0.15, 0.2) is 64.3 Å². The number of hydrogen-bond acceptors (Lipinski definition) is 6. The molecule has 1 N–H and O–H groups in total. The van der Waals surface area contributed by atoms with Crippen molar-refractivity contribution >= 4 is 28.5 Å². The number of carbonyl (C=O) groups excluding carboxylic acids is 1. The predicted octanol–water partition coefficient (Wildman–Crippen LogP) is 3.01. The van der Waals surface area contributed by atoms with Crippen molar-refractivity contribution < 1.29 is 9.53 Å². The number of amides is 1. The van der Waals surface area contributed by atoms with E-state index in [1.807, 2.05) is 31.2 Å². The summed E-state index contributed by atoms with van der Waals surface area (Å²) in [4.78, 5) is 47.7. The van der Waals surface area contributed by atoms with E-state index in [4.69, 9.17) is 16.3 Å². The first kappa shape index (κ1) is 24.2. The van der Waals surface area contributed by atoms with Crippen molar-refractivity contribution in [2.24, 2.45) is 0 Å². The molecule has 180 valence electrons. The number of ether oxygens (including phenoxy) is 1. The van der Waals surface area contributed by atoms with E-state index in [1.165, 1.54) is 10.8 Å². The summed E-state index contributed by atoms with van der Waals surface area (Å²) in [5.41, 5.74) is 0.465. The van der Waals surface area contributed by atoms with E-state index in [2.05, 4.69) is 15.3 Å². The maximum absolute atomic E-state index is 13.1. The highest BCUT2D eigenvalue weighted by Gasteiger charge is 2.17. The van der Waals surface area contributed by atoms with E-state index >= 15 is 0 Å². The molecule has 35 heavy (non-hydrogen) atoms. The molecule has 0 saturated heterocycles. The van der Waals surface area contributed by atoms with E-state index in [0.717, 1.165) is 10.1 Å². The number of aryl methyl sites for hydroxylation is 1. The first-order valence-electron chi connectivity index (χ1n) is 11.2. The number of nitrogens with one attached hydrogen (secondary N) is 1. The molecule has 0 aliphatic carbocycles. The minimum atomic E-state index is -0.623. The molecular formula is C25H24ClN5O4. The van der Waals surface area contributed by atoms with Crippen LogP contribution < -0.4 is 21.3 Å². The Morgan fingerprint density at radius 3 is 2.51 bits per heavy atom. The van der Waals surface area contributed by atoms with E-state index in [1.54, 1.807) is 31.2 Å². The van der Waals surface area contributed by atoms with Gasteiger partial charge in [-0.3, -0.25) is 18.7 Å². The molecule has 0 radical (unpaired) electrons. The van der Waals surface area contributed by atoms with Crippen molar-refractivity contribution in [1.29, 1.82) is 0 Å². The van der Waals surface area contributed by atoms with Gasteiger partial charge in [0.25, 0.3) is 5.56 Å². The maximum Gasteiger partial charge on any atom is 0.333 e. The average molecular weight is 494 g/mol. The Morgan fingerprint density at radius 1 is 1.06 bits per heavy atom.